The molecule has 0 aromatic heterocycles. The molecule has 0 radical (unpaired) electrons. The molecule has 2 fully saturated rings. The van der Waals surface area contributed by atoms with Gasteiger partial charge in [0.05, 0.1) is 0 Å². The SMILES string of the molecule is CN1CCCC(N2CCC(=O)NC(C)(C)C2=O)C1. The molecule has 5 heteroatoms. The number of hydrogen-bond donors (Lipinski definition) is 1. The van der Waals surface area contributed by atoms with Gasteiger partial charge in [0.1, 0.15) is 5.54 Å². The predicted molar refractivity (Wildman–Crippen MR) is 69.1 cm³/mol. The van der Waals surface area contributed by atoms with E-state index in [0.717, 1.165) is 25.9 Å². The van der Waals surface area contributed by atoms with Gasteiger partial charge in [-0.05, 0) is 40.3 Å². The lowest BCUT2D eigenvalue weighted by Gasteiger charge is -2.39. The van der Waals surface area contributed by atoms with Gasteiger partial charge in [-0.25, -0.2) is 0 Å². The molecule has 0 aromatic carbocycles. The van der Waals surface area contributed by atoms with Crippen LogP contribution < -0.4 is 5.32 Å². The molecule has 102 valence electrons. The van der Waals surface area contributed by atoms with Crippen molar-refractivity contribution in [3.8, 4) is 0 Å². The number of hydrogen-bond acceptors (Lipinski definition) is 3. The van der Waals surface area contributed by atoms with Crippen molar-refractivity contribution in [1.82, 2.24) is 15.1 Å². The van der Waals surface area contributed by atoms with E-state index < -0.39 is 5.54 Å². The minimum Gasteiger partial charge on any atom is -0.342 e. The highest BCUT2D eigenvalue weighted by molar-refractivity contribution is 5.93. The van der Waals surface area contributed by atoms with Crippen molar-refractivity contribution < 1.29 is 9.59 Å². The maximum Gasteiger partial charge on any atom is 0.248 e. The van der Waals surface area contributed by atoms with Crippen LogP contribution in [0.5, 0.6) is 0 Å². The van der Waals surface area contributed by atoms with Crippen molar-refractivity contribution in [2.24, 2.45) is 0 Å². The zero-order chi connectivity index (χ0) is 13.3. The zero-order valence-corrected chi connectivity index (χ0v) is 11.5. The third-order valence-electron chi connectivity index (χ3n) is 3.87. The van der Waals surface area contributed by atoms with E-state index in [4.69, 9.17) is 0 Å². The molecule has 1 atom stereocenters. The summed E-state index contributed by atoms with van der Waals surface area (Å²) in [6.45, 7) is 6.14. The highest BCUT2D eigenvalue weighted by Gasteiger charge is 2.39. The van der Waals surface area contributed by atoms with Gasteiger partial charge in [-0.1, -0.05) is 0 Å². The first-order valence-corrected chi connectivity index (χ1v) is 6.71. The second kappa shape index (κ2) is 4.88. The molecule has 2 saturated heterocycles. The predicted octanol–water partition coefficient (Wildman–Crippen LogP) is 0.208. The van der Waals surface area contributed by atoms with Crippen molar-refractivity contribution in [3.05, 3.63) is 0 Å². The molecule has 18 heavy (non-hydrogen) atoms. The average molecular weight is 253 g/mol. The van der Waals surface area contributed by atoms with E-state index in [-0.39, 0.29) is 17.9 Å². The molecular formula is C13H23N3O2. The molecule has 0 spiro atoms. The first-order chi connectivity index (χ1) is 8.40. The fraction of sp³-hybridized carbons (Fsp3) is 0.846. The molecule has 2 rings (SSSR count). The van der Waals surface area contributed by atoms with Crippen LogP contribution in [0.15, 0.2) is 0 Å². The summed E-state index contributed by atoms with van der Waals surface area (Å²) in [5, 5.41) is 2.80. The summed E-state index contributed by atoms with van der Waals surface area (Å²) >= 11 is 0. The summed E-state index contributed by atoms with van der Waals surface area (Å²) in [6, 6.07) is 0.253. The Labute approximate surface area is 108 Å². The van der Waals surface area contributed by atoms with Gasteiger partial charge in [-0.3, -0.25) is 9.59 Å². The summed E-state index contributed by atoms with van der Waals surface area (Å²) in [6.07, 6.45) is 2.57. The van der Waals surface area contributed by atoms with Crippen molar-refractivity contribution in [2.75, 3.05) is 26.7 Å². The number of carbonyl (C=O) groups excluding carboxylic acids is 2. The van der Waals surface area contributed by atoms with E-state index >= 15 is 0 Å². The molecule has 0 saturated carbocycles. The number of likely N-dealkylation sites (tertiary alicyclic amines) is 1. The average Bonchev–Trinajstić information content (AvgIpc) is 2.37. The second-order valence-electron chi connectivity index (χ2n) is 5.98. The van der Waals surface area contributed by atoms with E-state index in [9.17, 15) is 9.59 Å². The topological polar surface area (TPSA) is 52.6 Å². The third kappa shape index (κ3) is 2.66. The first kappa shape index (κ1) is 13.3. The van der Waals surface area contributed by atoms with E-state index in [1.165, 1.54) is 0 Å². The van der Waals surface area contributed by atoms with Crippen molar-refractivity contribution in [1.29, 1.82) is 0 Å². The molecule has 2 heterocycles. The number of nitrogens with one attached hydrogen (secondary N) is 1. The Bertz CT molecular complexity index is 354. The zero-order valence-electron chi connectivity index (χ0n) is 11.5. The lowest BCUT2D eigenvalue weighted by Crippen LogP contribution is -2.57. The fourth-order valence-electron chi connectivity index (χ4n) is 2.89. The summed E-state index contributed by atoms with van der Waals surface area (Å²) < 4.78 is 0. The molecule has 2 aliphatic heterocycles. The number of amides is 2. The van der Waals surface area contributed by atoms with Crippen LogP contribution in [-0.4, -0.2) is 59.9 Å². The summed E-state index contributed by atoms with van der Waals surface area (Å²) in [4.78, 5) is 28.3. The molecule has 1 N–H and O–H groups in total. The van der Waals surface area contributed by atoms with E-state index in [1.54, 1.807) is 13.8 Å². The molecular weight excluding hydrogens is 230 g/mol. The lowest BCUT2D eigenvalue weighted by atomic mass is 9.99. The molecule has 5 nitrogen and oxygen atoms in total. The van der Waals surface area contributed by atoms with Gasteiger partial charge in [0.15, 0.2) is 0 Å². The number of piperidine rings is 1. The second-order valence-corrected chi connectivity index (χ2v) is 5.98. The Morgan fingerprint density at radius 1 is 1.28 bits per heavy atom. The van der Waals surface area contributed by atoms with Gasteiger partial charge in [-0.15, -0.1) is 0 Å². The molecule has 0 aromatic rings. The van der Waals surface area contributed by atoms with Gasteiger partial charge >= 0.3 is 0 Å². The smallest absolute Gasteiger partial charge is 0.248 e. The van der Waals surface area contributed by atoms with E-state index in [2.05, 4.69) is 17.3 Å². The largest absolute Gasteiger partial charge is 0.342 e. The molecule has 2 aliphatic rings. The molecule has 1 unspecified atom stereocenters. The number of nitrogens with zero attached hydrogens (tertiary/aromatic N) is 2. The Morgan fingerprint density at radius 3 is 2.67 bits per heavy atom. The van der Waals surface area contributed by atoms with Gasteiger partial charge in [0.2, 0.25) is 11.8 Å². The van der Waals surface area contributed by atoms with Crippen LogP contribution in [0.4, 0.5) is 0 Å². The van der Waals surface area contributed by atoms with Crippen LogP contribution in [0, 0.1) is 0 Å². The molecule has 0 aliphatic carbocycles. The number of likely N-dealkylation sites (N-methyl/N-ethyl adjacent to an activating group) is 1. The van der Waals surface area contributed by atoms with Crippen LogP contribution >= 0.6 is 0 Å². The highest BCUT2D eigenvalue weighted by atomic mass is 16.2. The normalized spacial score (nSPS) is 29.9. The van der Waals surface area contributed by atoms with Gasteiger partial charge in [-0.2, -0.15) is 0 Å². The molecule has 0 bridgehead atoms. The van der Waals surface area contributed by atoms with Crippen LogP contribution in [0.25, 0.3) is 0 Å². The number of rotatable bonds is 1. The summed E-state index contributed by atoms with van der Waals surface area (Å²) in [5.74, 6) is 0.0219. The minimum absolute atomic E-state index is 0.0278. The Morgan fingerprint density at radius 2 is 2.00 bits per heavy atom. The van der Waals surface area contributed by atoms with E-state index in [1.807, 2.05) is 4.90 Å². The van der Waals surface area contributed by atoms with Crippen molar-refractivity contribution in [2.45, 2.75) is 44.7 Å². The van der Waals surface area contributed by atoms with Crippen LogP contribution in [0.3, 0.4) is 0 Å². The highest BCUT2D eigenvalue weighted by Crippen LogP contribution is 2.21. The quantitative estimate of drug-likeness (QED) is 0.727. The fourth-order valence-corrected chi connectivity index (χ4v) is 2.89. The Balaban J connectivity index is 2.15. The standard InChI is InChI=1S/C13H23N3O2/c1-13(2)12(18)16(8-6-11(17)14-13)10-5-4-7-15(3)9-10/h10H,4-9H2,1-3H3,(H,14,17). The van der Waals surface area contributed by atoms with Gasteiger partial charge in [0, 0.05) is 25.6 Å². The van der Waals surface area contributed by atoms with Crippen LogP contribution in [0.2, 0.25) is 0 Å². The minimum atomic E-state index is -0.774. The van der Waals surface area contributed by atoms with Crippen LogP contribution in [-0.2, 0) is 9.59 Å². The Hall–Kier alpha value is -1.10. The summed E-state index contributed by atoms with van der Waals surface area (Å²) in [7, 11) is 2.09. The van der Waals surface area contributed by atoms with Crippen molar-refractivity contribution >= 4 is 11.8 Å². The Kier molecular flexibility index (Phi) is 3.61. The van der Waals surface area contributed by atoms with Gasteiger partial charge < -0.3 is 15.1 Å². The molecule has 2 amide bonds. The van der Waals surface area contributed by atoms with Crippen LogP contribution in [0.1, 0.15) is 33.1 Å². The summed E-state index contributed by atoms with van der Waals surface area (Å²) in [5.41, 5.74) is -0.774. The van der Waals surface area contributed by atoms with Crippen molar-refractivity contribution in [3.63, 3.8) is 0 Å². The van der Waals surface area contributed by atoms with Gasteiger partial charge in [0.25, 0.3) is 0 Å². The lowest BCUT2D eigenvalue weighted by molar-refractivity contribution is -0.140. The van der Waals surface area contributed by atoms with E-state index in [0.29, 0.717) is 13.0 Å². The maximum atomic E-state index is 12.5. The number of carbonyl (C=O) groups is 2. The maximum absolute atomic E-state index is 12.5. The first-order valence-electron chi connectivity index (χ1n) is 6.71. The monoisotopic (exact) mass is 253 g/mol. The third-order valence-corrected chi connectivity index (χ3v) is 3.87.